The van der Waals surface area contributed by atoms with Crippen LogP contribution in [0.4, 0.5) is 5.69 Å². The molecule has 1 saturated heterocycles. The van der Waals surface area contributed by atoms with Crippen molar-refractivity contribution in [1.82, 2.24) is 20.1 Å². The van der Waals surface area contributed by atoms with Crippen molar-refractivity contribution in [3.8, 4) is 11.5 Å². The molecule has 0 amide bonds. The van der Waals surface area contributed by atoms with E-state index in [0.717, 1.165) is 50.4 Å². The zero-order valence-electron chi connectivity index (χ0n) is 17.0. The number of piperidine rings is 1. The van der Waals surface area contributed by atoms with E-state index in [1.807, 2.05) is 10.7 Å². The summed E-state index contributed by atoms with van der Waals surface area (Å²) in [6.07, 6.45) is 6.58. The van der Waals surface area contributed by atoms with Crippen LogP contribution in [0, 0.1) is 0 Å². The Morgan fingerprint density at radius 2 is 1.87 bits per heavy atom. The molecule has 1 fully saturated rings. The van der Waals surface area contributed by atoms with Gasteiger partial charge in [0.1, 0.15) is 12.7 Å². The summed E-state index contributed by atoms with van der Waals surface area (Å²) in [5, 5.41) is 8.16. The molecular weight excluding hydrogens is 378 g/mol. The molecule has 0 bridgehead atoms. The van der Waals surface area contributed by atoms with Crippen LogP contribution in [0.3, 0.4) is 0 Å². The van der Waals surface area contributed by atoms with Gasteiger partial charge in [0.15, 0.2) is 11.5 Å². The Hall–Kier alpha value is -3.06. The van der Waals surface area contributed by atoms with Gasteiger partial charge in [0, 0.05) is 43.5 Å². The third-order valence-electron chi connectivity index (χ3n) is 5.97. The Morgan fingerprint density at radius 1 is 1.03 bits per heavy atom. The number of aryl methyl sites for hydroxylation is 1. The van der Waals surface area contributed by atoms with Crippen molar-refractivity contribution in [3.63, 3.8) is 0 Å². The fraction of sp³-hybridized carbons (Fsp3) is 0.391. The van der Waals surface area contributed by atoms with Gasteiger partial charge in [-0.3, -0.25) is 4.68 Å². The van der Waals surface area contributed by atoms with Gasteiger partial charge in [-0.25, -0.2) is 4.98 Å². The van der Waals surface area contributed by atoms with E-state index >= 15 is 0 Å². The Bertz CT molecular complexity index is 939. The van der Waals surface area contributed by atoms with Gasteiger partial charge in [-0.05, 0) is 37.0 Å². The average Bonchev–Trinajstić information content (AvgIpc) is 3.49. The molecule has 2 aliphatic heterocycles. The number of hydrogen-bond acceptors (Lipinski definition) is 6. The van der Waals surface area contributed by atoms with Gasteiger partial charge in [0.2, 0.25) is 6.79 Å². The maximum Gasteiger partial charge on any atom is 0.231 e. The van der Waals surface area contributed by atoms with Crippen LogP contribution in [0.5, 0.6) is 11.5 Å². The van der Waals surface area contributed by atoms with E-state index in [1.165, 1.54) is 11.3 Å². The van der Waals surface area contributed by atoms with E-state index in [2.05, 4.69) is 62.8 Å². The monoisotopic (exact) mass is 405 g/mol. The van der Waals surface area contributed by atoms with Crippen molar-refractivity contribution < 1.29 is 9.47 Å². The van der Waals surface area contributed by atoms with Crippen LogP contribution < -0.4 is 19.7 Å². The number of nitrogens with zero attached hydrogens (tertiary/aromatic N) is 4. The van der Waals surface area contributed by atoms with Gasteiger partial charge in [-0.15, -0.1) is 0 Å². The summed E-state index contributed by atoms with van der Waals surface area (Å²) in [6.45, 7) is 3.23. The van der Waals surface area contributed by atoms with Crippen molar-refractivity contribution in [1.29, 1.82) is 0 Å². The summed E-state index contributed by atoms with van der Waals surface area (Å²) in [5.74, 6) is 1.69. The van der Waals surface area contributed by atoms with Crippen LogP contribution in [0.2, 0.25) is 0 Å². The van der Waals surface area contributed by atoms with E-state index < -0.39 is 0 Å². The summed E-state index contributed by atoms with van der Waals surface area (Å²) in [4.78, 5) is 6.49. The fourth-order valence-electron chi connectivity index (χ4n) is 4.31. The first-order valence-electron chi connectivity index (χ1n) is 10.6. The summed E-state index contributed by atoms with van der Waals surface area (Å²) in [5.41, 5.74) is 2.54. The minimum absolute atomic E-state index is 0.303. The Kier molecular flexibility index (Phi) is 5.52. The lowest BCUT2D eigenvalue weighted by Gasteiger charge is -2.36. The van der Waals surface area contributed by atoms with Gasteiger partial charge in [0.25, 0.3) is 0 Å². The predicted molar refractivity (Wildman–Crippen MR) is 115 cm³/mol. The summed E-state index contributed by atoms with van der Waals surface area (Å²) in [6, 6.07) is 17.8. The SMILES string of the molecule is c1ccc(C(CCn2cncn2)NC2CCN(c3ccc4c(c3)OCO4)CC2)cc1. The van der Waals surface area contributed by atoms with Crippen LogP contribution in [-0.4, -0.2) is 40.7 Å². The Morgan fingerprint density at radius 3 is 2.67 bits per heavy atom. The van der Waals surface area contributed by atoms with E-state index in [-0.39, 0.29) is 0 Å². The fourth-order valence-corrected chi connectivity index (χ4v) is 4.31. The highest BCUT2D eigenvalue weighted by molar-refractivity contribution is 5.57. The molecule has 1 aromatic heterocycles. The largest absolute Gasteiger partial charge is 0.454 e. The number of aromatic nitrogens is 3. The molecule has 156 valence electrons. The Balaban J connectivity index is 1.20. The molecule has 0 spiro atoms. The number of rotatable bonds is 7. The highest BCUT2D eigenvalue weighted by atomic mass is 16.7. The summed E-state index contributed by atoms with van der Waals surface area (Å²) < 4.78 is 12.9. The van der Waals surface area contributed by atoms with Crippen LogP contribution >= 0.6 is 0 Å². The zero-order valence-corrected chi connectivity index (χ0v) is 17.0. The van der Waals surface area contributed by atoms with Gasteiger partial charge in [0.05, 0.1) is 0 Å². The van der Waals surface area contributed by atoms with E-state index in [0.29, 0.717) is 18.9 Å². The van der Waals surface area contributed by atoms with E-state index in [1.54, 1.807) is 12.7 Å². The molecule has 3 heterocycles. The molecule has 2 aromatic carbocycles. The first kappa shape index (κ1) is 18.9. The molecule has 0 aliphatic carbocycles. The Labute approximate surface area is 176 Å². The van der Waals surface area contributed by atoms with Crippen molar-refractivity contribution >= 4 is 5.69 Å². The van der Waals surface area contributed by atoms with Crippen molar-refractivity contribution in [2.45, 2.75) is 37.9 Å². The number of ether oxygens (including phenoxy) is 2. The lowest BCUT2D eigenvalue weighted by molar-refractivity contribution is 0.174. The zero-order chi connectivity index (χ0) is 20.2. The van der Waals surface area contributed by atoms with Crippen molar-refractivity contribution in [2.24, 2.45) is 0 Å². The van der Waals surface area contributed by atoms with Gasteiger partial charge < -0.3 is 19.7 Å². The second kappa shape index (κ2) is 8.75. The topological polar surface area (TPSA) is 64.4 Å². The standard InChI is InChI=1S/C23H27N5O2/c1-2-4-18(5-3-1)21(10-13-28-16-24-15-25-28)26-19-8-11-27(12-9-19)20-6-7-22-23(14-20)30-17-29-22/h1-7,14-16,19,21,26H,8-13,17H2. The third kappa shape index (κ3) is 4.26. The molecule has 1 N–H and O–H groups in total. The lowest BCUT2D eigenvalue weighted by atomic mass is 9.98. The van der Waals surface area contributed by atoms with Gasteiger partial charge in [-0.2, -0.15) is 5.10 Å². The van der Waals surface area contributed by atoms with Crippen molar-refractivity contribution in [2.75, 3.05) is 24.8 Å². The highest BCUT2D eigenvalue weighted by Gasteiger charge is 2.24. The lowest BCUT2D eigenvalue weighted by Crippen LogP contribution is -2.44. The van der Waals surface area contributed by atoms with Crippen LogP contribution in [-0.2, 0) is 6.54 Å². The normalized spacial score (nSPS) is 17.3. The van der Waals surface area contributed by atoms with E-state index in [4.69, 9.17) is 9.47 Å². The molecule has 0 saturated carbocycles. The smallest absolute Gasteiger partial charge is 0.231 e. The highest BCUT2D eigenvalue weighted by Crippen LogP contribution is 2.36. The number of anilines is 1. The molecule has 7 heteroatoms. The molecule has 2 aliphatic rings. The van der Waals surface area contributed by atoms with Gasteiger partial charge >= 0.3 is 0 Å². The molecule has 1 unspecified atom stereocenters. The number of nitrogens with one attached hydrogen (secondary N) is 1. The molecule has 30 heavy (non-hydrogen) atoms. The average molecular weight is 406 g/mol. The summed E-state index contributed by atoms with van der Waals surface area (Å²) in [7, 11) is 0. The van der Waals surface area contributed by atoms with Gasteiger partial charge in [-0.1, -0.05) is 30.3 Å². The van der Waals surface area contributed by atoms with E-state index in [9.17, 15) is 0 Å². The quantitative estimate of drug-likeness (QED) is 0.650. The van der Waals surface area contributed by atoms with Crippen LogP contribution in [0.1, 0.15) is 30.9 Å². The van der Waals surface area contributed by atoms with Crippen LogP contribution in [0.25, 0.3) is 0 Å². The molecule has 0 radical (unpaired) electrons. The maximum absolute atomic E-state index is 5.54. The molecular formula is C23H27N5O2. The molecule has 3 aromatic rings. The first-order valence-corrected chi connectivity index (χ1v) is 10.6. The number of fused-ring (bicyclic) bond motifs is 1. The third-order valence-corrected chi connectivity index (χ3v) is 5.97. The number of hydrogen-bond donors (Lipinski definition) is 1. The van der Waals surface area contributed by atoms with Crippen LogP contribution in [0.15, 0.2) is 61.2 Å². The maximum atomic E-state index is 5.54. The first-order chi connectivity index (χ1) is 14.8. The molecule has 5 rings (SSSR count). The predicted octanol–water partition coefficient (Wildman–Crippen LogP) is 3.40. The second-order valence-electron chi connectivity index (χ2n) is 7.88. The minimum Gasteiger partial charge on any atom is -0.454 e. The second-order valence-corrected chi connectivity index (χ2v) is 7.88. The molecule has 1 atom stereocenters. The summed E-state index contributed by atoms with van der Waals surface area (Å²) >= 11 is 0. The van der Waals surface area contributed by atoms with Crippen molar-refractivity contribution in [3.05, 3.63) is 66.7 Å². The minimum atomic E-state index is 0.303. The molecule has 7 nitrogen and oxygen atoms in total. The number of benzene rings is 2.